The van der Waals surface area contributed by atoms with Gasteiger partial charge in [0.25, 0.3) is 5.91 Å². The second-order valence-corrected chi connectivity index (χ2v) is 5.32. The Bertz CT molecular complexity index is 686. The molecule has 24 heavy (non-hydrogen) atoms. The van der Waals surface area contributed by atoms with Gasteiger partial charge < -0.3 is 19.5 Å². The molecule has 1 aromatic heterocycles. The zero-order chi connectivity index (χ0) is 17.5. The molecule has 0 aliphatic rings. The van der Waals surface area contributed by atoms with E-state index in [1.807, 2.05) is 38.1 Å². The van der Waals surface area contributed by atoms with E-state index in [1.165, 1.54) is 0 Å². The van der Waals surface area contributed by atoms with Gasteiger partial charge in [-0.05, 0) is 44.2 Å². The number of rotatable bonds is 7. The van der Waals surface area contributed by atoms with E-state index in [1.54, 1.807) is 26.5 Å². The fraction of sp³-hybridized carbons (Fsp3) is 0.333. The van der Waals surface area contributed by atoms with Gasteiger partial charge >= 0.3 is 0 Å². The fourth-order valence-corrected chi connectivity index (χ4v) is 2.23. The van der Waals surface area contributed by atoms with Crippen LogP contribution in [-0.4, -0.2) is 31.7 Å². The van der Waals surface area contributed by atoms with Crippen molar-refractivity contribution in [3.63, 3.8) is 0 Å². The predicted molar refractivity (Wildman–Crippen MR) is 90.6 cm³/mol. The maximum atomic E-state index is 12.1. The van der Waals surface area contributed by atoms with Gasteiger partial charge in [-0.25, -0.2) is 0 Å². The summed E-state index contributed by atoms with van der Waals surface area (Å²) in [7, 11) is 3.19. The quantitative estimate of drug-likeness (QED) is 0.845. The van der Waals surface area contributed by atoms with Gasteiger partial charge in [0.15, 0.2) is 6.61 Å². The molecule has 0 unspecified atom stereocenters. The Morgan fingerprint density at radius 3 is 2.54 bits per heavy atom. The molecule has 1 aromatic carbocycles. The van der Waals surface area contributed by atoms with Crippen molar-refractivity contribution in [3.8, 4) is 17.2 Å². The molecule has 0 aliphatic carbocycles. The van der Waals surface area contributed by atoms with Gasteiger partial charge in [-0.1, -0.05) is 0 Å². The number of ether oxygens (including phenoxy) is 3. The van der Waals surface area contributed by atoms with Crippen LogP contribution in [-0.2, 0) is 4.79 Å². The Morgan fingerprint density at radius 2 is 1.92 bits per heavy atom. The minimum absolute atomic E-state index is 0.0820. The number of nitrogens with zero attached hydrogens (tertiary/aromatic N) is 1. The number of aryl methyl sites for hydroxylation is 1. The van der Waals surface area contributed by atoms with Crippen molar-refractivity contribution in [2.45, 2.75) is 19.9 Å². The number of carbonyl (C=O) groups excluding carboxylic acids is 1. The maximum absolute atomic E-state index is 12.1. The Morgan fingerprint density at radius 1 is 1.17 bits per heavy atom. The molecule has 1 heterocycles. The van der Waals surface area contributed by atoms with E-state index in [0.717, 1.165) is 11.3 Å². The van der Waals surface area contributed by atoms with E-state index >= 15 is 0 Å². The summed E-state index contributed by atoms with van der Waals surface area (Å²) in [6.07, 6.45) is 1.59. The monoisotopic (exact) mass is 330 g/mol. The molecule has 0 fully saturated rings. The molecule has 2 aromatic rings. The predicted octanol–water partition coefficient (Wildman–Crippen LogP) is 2.66. The molecule has 2 rings (SSSR count). The first-order valence-corrected chi connectivity index (χ1v) is 7.60. The lowest BCUT2D eigenvalue weighted by Crippen LogP contribution is -2.31. The minimum Gasteiger partial charge on any atom is -0.497 e. The normalized spacial score (nSPS) is 11.5. The molecule has 1 amide bonds. The maximum Gasteiger partial charge on any atom is 0.258 e. The van der Waals surface area contributed by atoms with E-state index in [0.29, 0.717) is 17.2 Å². The highest BCUT2D eigenvalue weighted by Crippen LogP contribution is 2.29. The minimum atomic E-state index is -0.248. The lowest BCUT2D eigenvalue weighted by Gasteiger charge is -2.18. The molecular formula is C18H22N2O4. The third kappa shape index (κ3) is 4.62. The van der Waals surface area contributed by atoms with Crippen LogP contribution in [0.3, 0.4) is 0 Å². The number of methoxy groups -OCH3 is 2. The van der Waals surface area contributed by atoms with Gasteiger partial charge in [-0.2, -0.15) is 0 Å². The molecule has 0 bridgehead atoms. The van der Waals surface area contributed by atoms with Crippen molar-refractivity contribution >= 4 is 5.91 Å². The first-order chi connectivity index (χ1) is 11.5. The second kappa shape index (κ2) is 8.19. The van der Waals surface area contributed by atoms with E-state index in [9.17, 15) is 4.79 Å². The average molecular weight is 330 g/mol. The smallest absolute Gasteiger partial charge is 0.258 e. The molecule has 0 radical (unpaired) electrons. The highest BCUT2D eigenvalue weighted by molar-refractivity contribution is 5.78. The topological polar surface area (TPSA) is 69.7 Å². The lowest BCUT2D eigenvalue weighted by molar-refractivity contribution is -0.123. The third-order valence-corrected chi connectivity index (χ3v) is 3.54. The van der Waals surface area contributed by atoms with Crippen LogP contribution in [0.15, 0.2) is 36.5 Å². The molecule has 1 atom stereocenters. The van der Waals surface area contributed by atoms with Crippen LogP contribution in [0, 0.1) is 6.92 Å². The number of hydrogen-bond donors (Lipinski definition) is 1. The number of amides is 1. The zero-order valence-electron chi connectivity index (χ0n) is 14.3. The number of benzene rings is 1. The van der Waals surface area contributed by atoms with Crippen molar-refractivity contribution in [1.82, 2.24) is 10.3 Å². The first kappa shape index (κ1) is 17.6. The van der Waals surface area contributed by atoms with Gasteiger partial charge in [-0.15, -0.1) is 0 Å². The second-order valence-electron chi connectivity index (χ2n) is 5.32. The Labute approximate surface area is 141 Å². The number of carbonyl (C=O) groups is 1. The van der Waals surface area contributed by atoms with Crippen molar-refractivity contribution in [2.24, 2.45) is 0 Å². The van der Waals surface area contributed by atoms with Crippen molar-refractivity contribution < 1.29 is 19.0 Å². The summed E-state index contributed by atoms with van der Waals surface area (Å²) >= 11 is 0. The summed E-state index contributed by atoms with van der Waals surface area (Å²) in [5, 5.41) is 2.88. The molecule has 0 spiro atoms. The van der Waals surface area contributed by atoms with Gasteiger partial charge in [0.2, 0.25) is 0 Å². The summed E-state index contributed by atoms with van der Waals surface area (Å²) in [5.74, 6) is 1.72. The number of hydrogen-bond acceptors (Lipinski definition) is 5. The van der Waals surface area contributed by atoms with E-state index in [-0.39, 0.29) is 18.6 Å². The van der Waals surface area contributed by atoms with E-state index in [4.69, 9.17) is 14.2 Å². The van der Waals surface area contributed by atoms with Crippen LogP contribution in [0.5, 0.6) is 17.2 Å². The van der Waals surface area contributed by atoms with E-state index in [2.05, 4.69) is 10.3 Å². The average Bonchev–Trinajstić information content (AvgIpc) is 2.60. The SMILES string of the molecule is COc1ccc(OC)c([C@@H](C)NC(=O)COc2ccc(C)nc2)c1. The van der Waals surface area contributed by atoms with Crippen LogP contribution in [0.1, 0.15) is 24.2 Å². The summed E-state index contributed by atoms with van der Waals surface area (Å²) < 4.78 is 16.0. The highest BCUT2D eigenvalue weighted by atomic mass is 16.5. The first-order valence-electron chi connectivity index (χ1n) is 7.60. The molecule has 0 aliphatic heterocycles. The summed E-state index contributed by atoms with van der Waals surface area (Å²) in [5.41, 5.74) is 1.73. The van der Waals surface area contributed by atoms with Gasteiger partial charge in [0.1, 0.15) is 17.2 Å². The van der Waals surface area contributed by atoms with Crippen molar-refractivity contribution in [3.05, 3.63) is 47.8 Å². The molecule has 6 heteroatoms. The fourth-order valence-electron chi connectivity index (χ4n) is 2.23. The molecule has 1 N–H and O–H groups in total. The highest BCUT2D eigenvalue weighted by Gasteiger charge is 2.15. The summed E-state index contributed by atoms with van der Waals surface area (Å²) in [6.45, 7) is 3.68. The molecule has 128 valence electrons. The molecule has 0 saturated heterocycles. The van der Waals surface area contributed by atoms with Crippen LogP contribution >= 0.6 is 0 Å². The Kier molecular flexibility index (Phi) is 6.01. The van der Waals surface area contributed by atoms with Crippen molar-refractivity contribution in [2.75, 3.05) is 20.8 Å². The lowest BCUT2D eigenvalue weighted by atomic mass is 10.1. The molecule has 0 saturated carbocycles. The standard InChI is InChI=1S/C18H22N2O4/c1-12-5-6-15(10-19-12)24-11-18(21)20-13(2)16-9-14(22-3)7-8-17(16)23-4/h5-10,13H,11H2,1-4H3,(H,20,21)/t13-/m1/s1. The zero-order valence-corrected chi connectivity index (χ0v) is 14.3. The summed E-state index contributed by atoms with van der Waals surface area (Å²) in [6, 6.07) is 8.83. The van der Waals surface area contributed by atoms with Crippen molar-refractivity contribution in [1.29, 1.82) is 0 Å². The summed E-state index contributed by atoms with van der Waals surface area (Å²) in [4.78, 5) is 16.2. The largest absolute Gasteiger partial charge is 0.497 e. The molecular weight excluding hydrogens is 308 g/mol. The number of nitrogens with one attached hydrogen (secondary N) is 1. The van der Waals surface area contributed by atoms with Gasteiger partial charge in [-0.3, -0.25) is 9.78 Å². The number of pyridine rings is 1. The third-order valence-electron chi connectivity index (χ3n) is 3.54. The van der Waals surface area contributed by atoms with Gasteiger partial charge in [0.05, 0.1) is 26.5 Å². The Hall–Kier alpha value is -2.76. The molecule has 6 nitrogen and oxygen atoms in total. The van der Waals surface area contributed by atoms with E-state index < -0.39 is 0 Å². The van der Waals surface area contributed by atoms with Crippen LogP contribution in [0.4, 0.5) is 0 Å². The van der Waals surface area contributed by atoms with Crippen LogP contribution in [0.2, 0.25) is 0 Å². The van der Waals surface area contributed by atoms with Crippen LogP contribution in [0.25, 0.3) is 0 Å². The van der Waals surface area contributed by atoms with Crippen LogP contribution < -0.4 is 19.5 Å². The van der Waals surface area contributed by atoms with Gasteiger partial charge in [0, 0.05) is 11.3 Å². The Balaban J connectivity index is 1.97. The number of aromatic nitrogens is 1.